The Hall–Kier alpha value is -0.860. The van der Waals surface area contributed by atoms with Crippen molar-refractivity contribution >= 4 is 0 Å². The van der Waals surface area contributed by atoms with Crippen LogP contribution in [0.1, 0.15) is 37.3 Å². The molecule has 0 bridgehead atoms. The van der Waals surface area contributed by atoms with E-state index in [1.54, 1.807) is 0 Å². The van der Waals surface area contributed by atoms with Crippen molar-refractivity contribution in [3.8, 4) is 0 Å². The van der Waals surface area contributed by atoms with Crippen LogP contribution in [0, 0.1) is 0 Å². The van der Waals surface area contributed by atoms with Gasteiger partial charge in [-0.05, 0) is 37.4 Å². The molecule has 2 heteroatoms. The van der Waals surface area contributed by atoms with E-state index in [2.05, 4.69) is 48.5 Å². The minimum absolute atomic E-state index is 0.652. The van der Waals surface area contributed by atoms with E-state index in [1.165, 1.54) is 49.8 Å². The molecule has 19 heavy (non-hydrogen) atoms. The van der Waals surface area contributed by atoms with Crippen LogP contribution in [0.5, 0.6) is 0 Å². The zero-order valence-electron chi connectivity index (χ0n) is 12.5. The lowest BCUT2D eigenvalue weighted by atomic mass is 10.0. The number of nitrogens with one attached hydrogen (secondary N) is 1. The molecule has 0 aliphatic carbocycles. The summed E-state index contributed by atoms with van der Waals surface area (Å²) in [5, 5.41) is 3.49. The molecule has 0 radical (unpaired) electrons. The smallest absolute Gasteiger partial charge is 0.0258 e. The number of rotatable bonds is 6. The summed E-state index contributed by atoms with van der Waals surface area (Å²) in [7, 11) is 2.24. The van der Waals surface area contributed by atoms with Gasteiger partial charge in [-0.25, -0.2) is 0 Å². The van der Waals surface area contributed by atoms with Crippen LogP contribution in [0.15, 0.2) is 24.3 Å². The van der Waals surface area contributed by atoms with Crippen LogP contribution in [0.4, 0.5) is 0 Å². The first-order valence-electron chi connectivity index (χ1n) is 7.78. The Bertz CT molecular complexity index is 358. The van der Waals surface area contributed by atoms with Gasteiger partial charge in [0, 0.05) is 25.7 Å². The molecule has 2 rings (SSSR count). The van der Waals surface area contributed by atoms with Crippen molar-refractivity contribution in [1.82, 2.24) is 10.2 Å². The zero-order chi connectivity index (χ0) is 13.5. The van der Waals surface area contributed by atoms with Crippen LogP contribution in [-0.4, -0.2) is 37.6 Å². The van der Waals surface area contributed by atoms with E-state index in [9.17, 15) is 0 Å². The average Bonchev–Trinajstić information content (AvgIpc) is 2.44. The number of piperazine rings is 1. The molecule has 1 aromatic carbocycles. The normalized spacial score (nSPS) is 20.6. The number of hydrogen-bond donors (Lipinski definition) is 1. The largest absolute Gasteiger partial charge is 0.314 e. The predicted molar refractivity (Wildman–Crippen MR) is 82.7 cm³/mol. The van der Waals surface area contributed by atoms with E-state index in [1.807, 2.05) is 0 Å². The van der Waals surface area contributed by atoms with Crippen molar-refractivity contribution in [2.24, 2.45) is 0 Å². The minimum atomic E-state index is 0.652. The van der Waals surface area contributed by atoms with Crippen molar-refractivity contribution in [2.45, 2.75) is 45.1 Å². The van der Waals surface area contributed by atoms with Crippen molar-refractivity contribution < 1.29 is 0 Å². The molecule has 1 unspecified atom stereocenters. The third kappa shape index (κ3) is 4.63. The SMILES string of the molecule is CCCCCc1ccc(CC2CNCCN2C)cc1. The minimum Gasteiger partial charge on any atom is -0.314 e. The Labute approximate surface area is 118 Å². The van der Waals surface area contributed by atoms with Crippen LogP contribution in [0.2, 0.25) is 0 Å². The Balaban J connectivity index is 1.84. The van der Waals surface area contributed by atoms with Gasteiger partial charge in [0.1, 0.15) is 0 Å². The lowest BCUT2D eigenvalue weighted by molar-refractivity contribution is 0.199. The fraction of sp³-hybridized carbons (Fsp3) is 0.647. The molecule has 2 nitrogen and oxygen atoms in total. The molecule has 0 amide bonds. The fourth-order valence-electron chi connectivity index (χ4n) is 2.78. The number of unbranched alkanes of at least 4 members (excludes halogenated alkanes) is 2. The summed E-state index contributed by atoms with van der Waals surface area (Å²) in [6.07, 6.45) is 6.38. The van der Waals surface area contributed by atoms with E-state index in [0.717, 1.165) is 13.1 Å². The summed E-state index contributed by atoms with van der Waals surface area (Å²) in [6, 6.07) is 9.94. The second kappa shape index (κ2) is 7.66. The van der Waals surface area contributed by atoms with Crippen LogP contribution >= 0.6 is 0 Å². The molecule has 1 saturated heterocycles. The van der Waals surface area contributed by atoms with Gasteiger partial charge in [-0.3, -0.25) is 0 Å². The molecular weight excluding hydrogens is 232 g/mol. The maximum absolute atomic E-state index is 3.49. The van der Waals surface area contributed by atoms with Crippen LogP contribution in [0.25, 0.3) is 0 Å². The van der Waals surface area contributed by atoms with Gasteiger partial charge in [-0.15, -0.1) is 0 Å². The van der Waals surface area contributed by atoms with E-state index < -0.39 is 0 Å². The molecular formula is C17H28N2. The molecule has 0 spiro atoms. The standard InChI is InChI=1S/C17H28N2/c1-3-4-5-6-15-7-9-16(10-8-15)13-17-14-18-11-12-19(17)2/h7-10,17-18H,3-6,11-14H2,1-2H3. The number of benzene rings is 1. The van der Waals surface area contributed by atoms with E-state index in [4.69, 9.17) is 0 Å². The van der Waals surface area contributed by atoms with E-state index in [0.29, 0.717) is 6.04 Å². The lowest BCUT2D eigenvalue weighted by Gasteiger charge is -2.33. The van der Waals surface area contributed by atoms with Gasteiger partial charge in [-0.1, -0.05) is 44.0 Å². The highest BCUT2D eigenvalue weighted by Crippen LogP contribution is 2.13. The molecule has 0 saturated carbocycles. The molecule has 1 atom stereocenters. The predicted octanol–water partition coefficient (Wildman–Crippen LogP) is 2.87. The van der Waals surface area contributed by atoms with E-state index >= 15 is 0 Å². The van der Waals surface area contributed by atoms with Gasteiger partial charge >= 0.3 is 0 Å². The van der Waals surface area contributed by atoms with Crippen molar-refractivity contribution in [2.75, 3.05) is 26.7 Å². The van der Waals surface area contributed by atoms with Gasteiger partial charge < -0.3 is 10.2 Å². The Morgan fingerprint density at radius 2 is 1.89 bits per heavy atom. The summed E-state index contributed by atoms with van der Waals surface area (Å²) in [5.41, 5.74) is 2.96. The Morgan fingerprint density at radius 3 is 2.58 bits per heavy atom. The fourth-order valence-corrected chi connectivity index (χ4v) is 2.78. The zero-order valence-corrected chi connectivity index (χ0v) is 12.5. The quantitative estimate of drug-likeness (QED) is 0.791. The van der Waals surface area contributed by atoms with Gasteiger partial charge in [0.2, 0.25) is 0 Å². The molecule has 1 heterocycles. The number of nitrogens with zero attached hydrogens (tertiary/aromatic N) is 1. The maximum Gasteiger partial charge on any atom is 0.0258 e. The van der Waals surface area contributed by atoms with Crippen LogP contribution in [-0.2, 0) is 12.8 Å². The Morgan fingerprint density at radius 1 is 1.16 bits per heavy atom. The van der Waals surface area contributed by atoms with E-state index in [-0.39, 0.29) is 0 Å². The van der Waals surface area contributed by atoms with Gasteiger partial charge in [-0.2, -0.15) is 0 Å². The number of likely N-dealkylation sites (N-methyl/N-ethyl adjacent to an activating group) is 1. The summed E-state index contributed by atoms with van der Waals surface area (Å²) in [5.74, 6) is 0. The summed E-state index contributed by atoms with van der Waals surface area (Å²) < 4.78 is 0. The monoisotopic (exact) mass is 260 g/mol. The highest BCUT2D eigenvalue weighted by molar-refractivity contribution is 5.23. The topological polar surface area (TPSA) is 15.3 Å². The second-order valence-electron chi connectivity index (χ2n) is 5.82. The van der Waals surface area contributed by atoms with Gasteiger partial charge in [0.05, 0.1) is 0 Å². The first kappa shape index (κ1) is 14.5. The molecule has 1 aliphatic heterocycles. The first-order valence-corrected chi connectivity index (χ1v) is 7.78. The van der Waals surface area contributed by atoms with Gasteiger partial charge in [0.15, 0.2) is 0 Å². The molecule has 106 valence electrons. The summed E-state index contributed by atoms with van der Waals surface area (Å²) >= 11 is 0. The molecule has 1 aliphatic rings. The summed E-state index contributed by atoms with van der Waals surface area (Å²) in [4.78, 5) is 2.48. The molecule has 1 fully saturated rings. The first-order chi connectivity index (χ1) is 9.29. The highest BCUT2D eigenvalue weighted by atomic mass is 15.2. The second-order valence-corrected chi connectivity index (χ2v) is 5.82. The number of hydrogen-bond acceptors (Lipinski definition) is 2. The van der Waals surface area contributed by atoms with Crippen molar-refractivity contribution in [3.05, 3.63) is 35.4 Å². The third-order valence-corrected chi connectivity index (χ3v) is 4.21. The van der Waals surface area contributed by atoms with Gasteiger partial charge in [0.25, 0.3) is 0 Å². The molecule has 1 aromatic rings. The van der Waals surface area contributed by atoms with Crippen molar-refractivity contribution in [1.29, 1.82) is 0 Å². The molecule has 1 N–H and O–H groups in total. The number of aryl methyl sites for hydroxylation is 1. The van der Waals surface area contributed by atoms with Crippen LogP contribution < -0.4 is 5.32 Å². The average molecular weight is 260 g/mol. The highest BCUT2D eigenvalue weighted by Gasteiger charge is 2.18. The lowest BCUT2D eigenvalue weighted by Crippen LogP contribution is -2.50. The van der Waals surface area contributed by atoms with Crippen molar-refractivity contribution in [3.63, 3.8) is 0 Å². The molecule has 0 aromatic heterocycles. The van der Waals surface area contributed by atoms with Crippen LogP contribution in [0.3, 0.4) is 0 Å². The third-order valence-electron chi connectivity index (χ3n) is 4.21. The Kier molecular flexibility index (Phi) is 5.87. The summed E-state index contributed by atoms with van der Waals surface area (Å²) in [6.45, 7) is 5.68. The maximum atomic E-state index is 3.49.